The standard InChI is InChI=1S/C41H25F3/c1-24-14-16-25(17-15-24)26-18-19-34-36(20-26)39(28-22-37(42)41(44)38(43)23-28)32-12-6-7-13-33(32)40(34)35-21-27-8-2-3-9-29(27)30-10-4-5-11-31(30)35/h2-23H,1H3. The summed E-state index contributed by atoms with van der Waals surface area (Å²) in [6.45, 7) is 2.05. The molecule has 0 amide bonds. The van der Waals surface area contributed by atoms with E-state index in [-0.39, 0.29) is 0 Å². The number of benzene rings is 8. The largest absolute Gasteiger partial charge is 0.204 e. The van der Waals surface area contributed by atoms with Gasteiger partial charge in [0, 0.05) is 0 Å². The number of fused-ring (bicyclic) bond motifs is 5. The zero-order valence-corrected chi connectivity index (χ0v) is 23.8. The van der Waals surface area contributed by atoms with Gasteiger partial charge in [-0.15, -0.1) is 0 Å². The highest BCUT2D eigenvalue weighted by Gasteiger charge is 2.21. The second-order valence-electron chi connectivity index (χ2n) is 11.4. The van der Waals surface area contributed by atoms with Crippen LogP contribution >= 0.6 is 0 Å². The number of aryl methyl sites for hydroxylation is 1. The molecular weight excluding hydrogens is 549 g/mol. The Morgan fingerprint density at radius 2 is 0.932 bits per heavy atom. The van der Waals surface area contributed by atoms with Crippen molar-refractivity contribution in [3.63, 3.8) is 0 Å². The van der Waals surface area contributed by atoms with Gasteiger partial charge in [0.1, 0.15) is 0 Å². The third-order valence-electron chi connectivity index (χ3n) is 8.72. The lowest BCUT2D eigenvalue weighted by Crippen LogP contribution is -1.96. The van der Waals surface area contributed by atoms with E-state index in [1.54, 1.807) is 0 Å². The zero-order valence-electron chi connectivity index (χ0n) is 23.8. The molecule has 44 heavy (non-hydrogen) atoms. The molecule has 0 unspecified atom stereocenters. The van der Waals surface area contributed by atoms with E-state index in [2.05, 4.69) is 97.1 Å². The van der Waals surface area contributed by atoms with E-state index >= 15 is 0 Å². The summed E-state index contributed by atoms with van der Waals surface area (Å²) < 4.78 is 43.7. The van der Waals surface area contributed by atoms with Gasteiger partial charge in [-0.05, 0) is 108 Å². The third-order valence-corrected chi connectivity index (χ3v) is 8.72. The van der Waals surface area contributed by atoms with Crippen molar-refractivity contribution in [3.8, 4) is 33.4 Å². The molecule has 0 N–H and O–H groups in total. The molecule has 0 atom stereocenters. The normalized spacial score (nSPS) is 11.6. The molecule has 8 rings (SSSR count). The smallest absolute Gasteiger partial charge is 0.194 e. The third kappa shape index (κ3) is 4.08. The first-order valence-electron chi connectivity index (χ1n) is 14.6. The second kappa shape index (κ2) is 10.1. The van der Waals surface area contributed by atoms with Crippen molar-refractivity contribution >= 4 is 43.1 Å². The van der Waals surface area contributed by atoms with Gasteiger partial charge in [-0.2, -0.15) is 0 Å². The first-order valence-corrected chi connectivity index (χ1v) is 14.6. The molecule has 8 aromatic rings. The molecule has 0 aliphatic carbocycles. The van der Waals surface area contributed by atoms with Crippen molar-refractivity contribution in [2.75, 3.05) is 0 Å². The highest BCUT2D eigenvalue weighted by Crippen LogP contribution is 2.47. The summed E-state index contributed by atoms with van der Waals surface area (Å²) in [6.07, 6.45) is 0. The Morgan fingerprint density at radius 3 is 1.64 bits per heavy atom. The van der Waals surface area contributed by atoms with Gasteiger partial charge in [0.15, 0.2) is 17.5 Å². The van der Waals surface area contributed by atoms with Crippen LogP contribution in [0, 0.1) is 24.4 Å². The molecule has 3 heteroatoms. The SMILES string of the molecule is Cc1ccc(-c2ccc3c(-c4cc5ccccc5c5ccccc45)c4ccccc4c(-c4cc(F)c(F)c(F)c4)c3c2)cc1. The van der Waals surface area contributed by atoms with Gasteiger partial charge in [0.05, 0.1) is 0 Å². The lowest BCUT2D eigenvalue weighted by Gasteiger charge is -2.20. The summed E-state index contributed by atoms with van der Waals surface area (Å²) in [7, 11) is 0. The molecule has 0 heterocycles. The molecule has 0 saturated heterocycles. The average Bonchev–Trinajstić information content (AvgIpc) is 3.05. The van der Waals surface area contributed by atoms with E-state index in [0.717, 1.165) is 77.7 Å². The van der Waals surface area contributed by atoms with Crippen LogP contribution in [0.15, 0.2) is 133 Å². The Kier molecular flexibility index (Phi) is 6.02. The lowest BCUT2D eigenvalue weighted by atomic mass is 9.83. The fraction of sp³-hybridized carbons (Fsp3) is 0.0244. The molecule has 0 aliphatic heterocycles. The number of rotatable bonds is 3. The average molecular weight is 575 g/mol. The molecule has 210 valence electrons. The summed E-state index contributed by atoms with van der Waals surface area (Å²) in [5.41, 5.74) is 6.24. The topological polar surface area (TPSA) is 0 Å². The molecule has 0 nitrogen and oxygen atoms in total. The molecule has 0 aromatic heterocycles. The van der Waals surface area contributed by atoms with Gasteiger partial charge in [-0.1, -0.05) is 115 Å². The van der Waals surface area contributed by atoms with E-state index in [1.807, 2.05) is 31.2 Å². The molecule has 0 aliphatic rings. The van der Waals surface area contributed by atoms with Gasteiger partial charge >= 0.3 is 0 Å². The first-order chi connectivity index (χ1) is 21.5. The first kappa shape index (κ1) is 26.2. The number of hydrogen-bond donors (Lipinski definition) is 0. The maximum atomic E-state index is 14.8. The van der Waals surface area contributed by atoms with Crippen LogP contribution in [0.1, 0.15) is 5.56 Å². The van der Waals surface area contributed by atoms with Crippen LogP contribution < -0.4 is 0 Å². The molecule has 0 bridgehead atoms. The van der Waals surface area contributed by atoms with E-state index in [9.17, 15) is 13.2 Å². The maximum Gasteiger partial charge on any atom is 0.194 e. The maximum absolute atomic E-state index is 14.8. The summed E-state index contributed by atoms with van der Waals surface area (Å²) >= 11 is 0. The van der Waals surface area contributed by atoms with Crippen LogP contribution in [0.5, 0.6) is 0 Å². The minimum Gasteiger partial charge on any atom is -0.204 e. The Hall–Kier alpha value is -5.41. The Labute approximate surface area is 252 Å². The van der Waals surface area contributed by atoms with Gasteiger partial charge in [0.2, 0.25) is 0 Å². The highest BCUT2D eigenvalue weighted by molar-refractivity contribution is 6.26. The van der Waals surface area contributed by atoms with Crippen molar-refractivity contribution in [2.45, 2.75) is 6.92 Å². The van der Waals surface area contributed by atoms with Gasteiger partial charge in [0.25, 0.3) is 0 Å². The fourth-order valence-corrected chi connectivity index (χ4v) is 6.67. The predicted molar refractivity (Wildman–Crippen MR) is 177 cm³/mol. The second-order valence-corrected chi connectivity index (χ2v) is 11.4. The summed E-state index contributed by atoms with van der Waals surface area (Å²) in [6, 6.07) is 43.8. The van der Waals surface area contributed by atoms with Gasteiger partial charge in [-0.25, -0.2) is 13.2 Å². The monoisotopic (exact) mass is 574 g/mol. The van der Waals surface area contributed by atoms with E-state index in [0.29, 0.717) is 11.1 Å². The molecule has 0 radical (unpaired) electrons. The van der Waals surface area contributed by atoms with Crippen LogP contribution in [-0.2, 0) is 0 Å². The van der Waals surface area contributed by atoms with Crippen LogP contribution in [0.25, 0.3) is 76.5 Å². The van der Waals surface area contributed by atoms with Crippen molar-refractivity contribution < 1.29 is 13.2 Å². The van der Waals surface area contributed by atoms with Gasteiger partial charge < -0.3 is 0 Å². The molecule has 0 spiro atoms. The minimum absolute atomic E-state index is 0.290. The van der Waals surface area contributed by atoms with Crippen molar-refractivity contribution in [1.82, 2.24) is 0 Å². The predicted octanol–water partition coefficient (Wildman–Crippen LogP) is 12.0. The van der Waals surface area contributed by atoms with Crippen LogP contribution in [0.4, 0.5) is 13.2 Å². The van der Waals surface area contributed by atoms with Crippen molar-refractivity contribution in [1.29, 1.82) is 0 Å². The molecule has 8 aromatic carbocycles. The Balaban J connectivity index is 1.57. The van der Waals surface area contributed by atoms with Crippen LogP contribution in [0.3, 0.4) is 0 Å². The van der Waals surface area contributed by atoms with Crippen molar-refractivity contribution in [3.05, 3.63) is 156 Å². The number of hydrogen-bond acceptors (Lipinski definition) is 0. The van der Waals surface area contributed by atoms with E-state index < -0.39 is 17.5 Å². The number of halogens is 3. The minimum atomic E-state index is -1.47. The van der Waals surface area contributed by atoms with E-state index in [4.69, 9.17) is 0 Å². The lowest BCUT2D eigenvalue weighted by molar-refractivity contribution is 0.448. The Morgan fingerprint density at radius 1 is 0.386 bits per heavy atom. The van der Waals surface area contributed by atoms with E-state index in [1.165, 1.54) is 5.39 Å². The molecule has 0 fully saturated rings. The van der Waals surface area contributed by atoms with Crippen LogP contribution in [0.2, 0.25) is 0 Å². The summed E-state index contributed by atoms with van der Waals surface area (Å²) in [5, 5.41) is 8.13. The zero-order chi connectivity index (χ0) is 29.9. The Bertz CT molecular complexity index is 2400. The molecular formula is C41H25F3. The van der Waals surface area contributed by atoms with Crippen molar-refractivity contribution in [2.24, 2.45) is 0 Å². The highest BCUT2D eigenvalue weighted by atomic mass is 19.2. The summed E-state index contributed by atoms with van der Waals surface area (Å²) in [5.74, 6) is -3.89. The fourth-order valence-electron chi connectivity index (χ4n) is 6.67. The molecule has 0 saturated carbocycles. The van der Waals surface area contributed by atoms with Crippen LogP contribution in [-0.4, -0.2) is 0 Å². The quantitative estimate of drug-likeness (QED) is 0.112. The summed E-state index contributed by atoms with van der Waals surface area (Å²) in [4.78, 5) is 0. The van der Waals surface area contributed by atoms with Gasteiger partial charge in [-0.3, -0.25) is 0 Å².